The van der Waals surface area contributed by atoms with E-state index < -0.39 is 0 Å². The Morgan fingerprint density at radius 1 is 1.86 bits per heavy atom. The van der Waals surface area contributed by atoms with Crippen molar-refractivity contribution in [2.24, 2.45) is 0 Å². The van der Waals surface area contributed by atoms with E-state index >= 15 is 0 Å². The Hall–Kier alpha value is -0.280. The third-order valence-corrected chi connectivity index (χ3v) is 0.629. The zero-order valence-corrected chi connectivity index (χ0v) is 4.75. The lowest BCUT2D eigenvalue weighted by Crippen LogP contribution is -2.34. The molecule has 4 heteroatoms. The molecule has 0 aliphatic rings. The summed E-state index contributed by atoms with van der Waals surface area (Å²) in [6.45, 7) is 0. The Morgan fingerprint density at radius 2 is 2.43 bits per heavy atom. The van der Waals surface area contributed by atoms with E-state index in [1.54, 1.807) is 7.05 Å². The van der Waals surface area contributed by atoms with E-state index in [2.05, 4.69) is 10.9 Å². The molecule has 0 heterocycles. The van der Waals surface area contributed by atoms with Crippen molar-refractivity contribution in [1.82, 2.24) is 10.9 Å². The van der Waals surface area contributed by atoms with Crippen LogP contribution in [0.15, 0.2) is 0 Å². The summed E-state index contributed by atoms with van der Waals surface area (Å²) < 4.78 is 0. The van der Waals surface area contributed by atoms with Gasteiger partial charge in [-0.15, -0.1) is 11.6 Å². The van der Waals surface area contributed by atoms with E-state index in [4.69, 9.17) is 11.6 Å². The average Bonchev–Trinajstić information content (AvgIpc) is 1.68. The number of carbonyl (C=O) groups excluding carboxylic acids is 1. The topological polar surface area (TPSA) is 41.1 Å². The smallest absolute Gasteiger partial charge is 0.248 e. The summed E-state index contributed by atoms with van der Waals surface area (Å²) in [5.41, 5.74) is 4.71. The molecule has 0 radical (unpaired) electrons. The van der Waals surface area contributed by atoms with E-state index in [9.17, 15) is 4.79 Å². The van der Waals surface area contributed by atoms with Gasteiger partial charge in [-0.3, -0.25) is 10.2 Å². The third-order valence-electron chi connectivity index (χ3n) is 0.386. The monoisotopic (exact) mass is 122 g/mol. The van der Waals surface area contributed by atoms with Gasteiger partial charge in [0.25, 0.3) is 0 Å². The van der Waals surface area contributed by atoms with E-state index in [1.165, 1.54) is 0 Å². The lowest BCUT2D eigenvalue weighted by molar-refractivity contribution is -0.119. The second-order valence-electron chi connectivity index (χ2n) is 0.932. The maximum absolute atomic E-state index is 10.1. The molecule has 0 aliphatic heterocycles. The van der Waals surface area contributed by atoms with Gasteiger partial charge in [-0.1, -0.05) is 0 Å². The Balaban J connectivity index is 3.00. The van der Waals surface area contributed by atoms with Gasteiger partial charge < -0.3 is 0 Å². The maximum atomic E-state index is 10.1. The zero-order chi connectivity index (χ0) is 5.70. The summed E-state index contributed by atoms with van der Waals surface area (Å²) in [7, 11) is 1.60. The Bertz CT molecular complexity index is 66.0. The predicted molar refractivity (Wildman–Crippen MR) is 27.9 cm³/mol. The van der Waals surface area contributed by atoms with Gasteiger partial charge in [-0.25, -0.2) is 5.43 Å². The molecular formula is C3H7ClN2O. The van der Waals surface area contributed by atoms with Crippen LogP contribution in [0.2, 0.25) is 0 Å². The second kappa shape index (κ2) is 3.89. The number of amides is 1. The van der Waals surface area contributed by atoms with Crippen LogP contribution in [-0.2, 0) is 4.79 Å². The van der Waals surface area contributed by atoms with E-state index in [-0.39, 0.29) is 11.8 Å². The lowest BCUT2D eigenvalue weighted by Gasteiger charge is -1.94. The highest BCUT2D eigenvalue weighted by atomic mass is 35.5. The molecule has 42 valence electrons. The van der Waals surface area contributed by atoms with Crippen LogP contribution in [0.25, 0.3) is 0 Å². The van der Waals surface area contributed by atoms with E-state index in [1.807, 2.05) is 0 Å². The molecule has 7 heavy (non-hydrogen) atoms. The van der Waals surface area contributed by atoms with Gasteiger partial charge in [-0.05, 0) is 0 Å². The van der Waals surface area contributed by atoms with Gasteiger partial charge in [0.2, 0.25) is 5.91 Å². The minimum absolute atomic E-state index is 0.000833. The van der Waals surface area contributed by atoms with Crippen LogP contribution in [0.5, 0.6) is 0 Å². The first-order chi connectivity index (χ1) is 3.31. The number of hydrazine groups is 1. The summed E-state index contributed by atoms with van der Waals surface area (Å²) in [6, 6.07) is 0. The third kappa shape index (κ3) is 3.55. The van der Waals surface area contributed by atoms with Crippen LogP contribution in [0, 0.1) is 0 Å². The van der Waals surface area contributed by atoms with Crippen molar-refractivity contribution >= 4 is 17.5 Å². The fourth-order valence-corrected chi connectivity index (χ4v) is 0.240. The number of nitrogens with one attached hydrogen (secondary N) is 2. The normalized spacial score (nSPS) is 8.29. The van der Waals surface area contributed by atoms with Gasteiger partial charge in [0.05, 0.1) is 0 Å². The molecule has 0 rings (SSSR count). The molecule has 0 unspecified atom stereocenters. The van der Waals surface area contributed by atoms with Crippen molar-refractivity contribution in [3.8, 4) is 0 Å². The number of halogens is 1. The lowest BCUT2D eigenvalue weighted by atomic mass is 10.7. The molecule has 0 aromatic carbocycles. The van der Waals surface area contributed by atoms with Crippen molar-refractivity contribution in [1.29, 1.82) is 0 Å². The highest BCUT2D eigenvalue weighted by Crippen LogP contribution is 1.68. The molecule has 0 aromatic heterocycles. The average molecular weight is 123 g/mol. The summed E-state index contributed by atoms with van der Waals surface area (Å²) in [6.07, 6.45) is 0. The Labute approximate surface area is 47.0 Å². The number of alkyl halides is 1. The zero-order valence-electron chi connectivity index (χ0n) is 3.99. The second-order valence-corrected chi connectivity index (χ2v) is 1.20. The van der Waals surface area contributed by atoms with Crippen molar-refractivity contribution < 1.29 is 4.79 Å². The molecule has 0 fully saturated rings. The fraction of sp³-hybridized carbons (Fsp3) is 0.667. The van der Waals surface area contributed by atoms with Crippen LogP contribution >= 0.6 is 11.6 Å². The van der Waals surface area contributed by atoms with Crippen LogP contribution in [0.4, 0.5) is 0 Å². The summed E-state index contributed by atoms with van der Waals surface area (Å²) in [4.78, 5) is 10.1. The number of carbonyl (C=O) groups is 1. The van der Waals surface area contributed by atoms with Gasteiger partial charge in [-0.2, -0.15) is 0 Å². The van der Waals surface area contributed by atoms with Crippen LogP contribution in [0.1, 0.15) is 0 Å². The Kier molecular flexibility index (Phi) is 3.74. The van der Waals surface area contributed by atoms with Crippen LogP contribution < -0.4 is 10.9 Å². The molecule has 2 N–H and O–H groups in total. The minimum atomic E-state index is -0.218. The first-order valence-electron chi connectivity index (χ1n) is 1.82. The van der Waals surface area contributed by atoms with E-state index in [0.29, 0.717) is 0 Å². The molecular weight excluding hydrogens is 115 g/mol. The van der Waals surface area contributed by atoms with Crippen molar-refractivity contribution in [2.45, 2.75) is 0 Å². The van der Waals surface area contributed by atoms with Gasteiger partial charge in [0.15, 0.2) is 0 Å². The van der Waals surface area contributed by atoms with Crippen LogP contribution in [-0.4, -0.2) is 18.8 Å². The first kappa shape index (κ1) is 6.72. The maximum Gasteiger partial charge on any atom is 0.248 e. The highest BCUT2D eigenvalue weighted by Gasteiger charge is 1.90. The summed E-state index contributed by atoms with van der Waals surface area (Å²) >= 11 is 5.08. The first-order valence-corrected chi connectivity index (χ1v) is 2.36. The molecule has 3 nitrogen and oxygen atoms in total. The molecule has 0 atom stereocenters. The van der Waals surface area contributed by atoms with E-state index in [0.717, 1.165) is 0 Å². The number of hydrogen-bond acceptors (Lipinski definition) is 2. The molecule has 0 aliphatic carbocycles. The molecule has 0 spiro atoms. The quantitative estimate of drug-likeness (QED) is 0.382. The van der Waals surface area contributed by atoms with Gasteiger partial charge >= 0.3 is 0 Å². The fourth-order valence-electron chi connectivity index (χ4n) is 0.173. The molecule has 0 saturated carbocycles. The largest absolute Gasteiger partial charge is 0.291 e. The molecule has 0 bridgehead atoms. The molecule has 0 saturated heterocycles. The van der Waals surface area contributed by atoms with Crippen molar-refractivity contribution in [3.05, 3.63) is 0 Å². The predicted octanol–water partition coefficient (Wildman–Crippen LogP) is -0.524. The van der Waals surface area contributed by atoms with Crippen molar-refractivity contribution in [3.63, 3.8) is 0 Å². The molecule has 1 amide bonds. The van der Waals surface area contributed by atoms with Gasteiger partial charge in [0.1, 0.15) is 5.88 Å². The summed E-state index contributed by atoms with van der Waals surface area (Å²) in [5, 5.41) is 0. The minimum Gasteiger partial charge on any atom is -0.291 e. The Morgan fingerprint density at radius 3 is 2.57 bits per heavy atom. The number of hydrogen-bond donors (Lipinski definition) is 2. The van der Waals surface area contributed by atoms with Gasteiger partial charge in [0, 0.05) is 7.05 Å². The number of rotatable bonds is 2. The SMILES string of the molecule is CNNC(=O)CCl. The van der Waals surface area contributed by atoms with Crippen LogP contribution in [0.3, 0.4) is 0 Å². The van der Waals surface area contributed by atoms with Crippen molar-refractivity contribution in [2.75, 3.05) is 12.9 Å². The highest BCUT2D eigenvalue weighted by molar-refractivity contribution is 6.27. The summed E-state index contributed by atoms with van der Waals surface area (Å²) in [5.74, 6) is -0.218. The standard InChI is InChI=1S/C3H7ClN2O/c1-5-6-3(7)2-4/h5H,2H2,1H3,(H,6,7). The molecule has 0 aromatic rings.